The highest BCUT2D eigenvalue weighted by Crippen LogP contribution is 2.29. The number of fused-ring (bicyclic) bond motifs is 1. The van der Waals surface area contributed by atoms with Crippen molar-refractivity contribution in [3.05, 3.63) is 59.1 Å². The largest absolute Gasteiger partial charge is 0.469 e. The zero-order valence-corrected chi connectivity index (χ0v) is 17.9. The lowest BCUT2D eigenvalue weighted by molar-refractivity contribution is 0.0929. The van der Waals surface area contributed by atoms with Gasteiger partial charge in [-0.05, 0) is 38.0 Å². The van der Waals surface area contributed by atoms with E-state index in [0.29, 0.717) is 16.3 Å². The number of rotatable bonds is 4. The van der Waals surface area contributed by atoms with E-state index in [-0.39, 0.29) is 11.9 Å². The van der Waals surface area contributed by atoms with Crippen LogP contribution in [0.2, 0.25) is 5.02 Å². The van der Waals surface area contributed by atoms with E-state index in [1.165, 1.54) is 0 Å². The Balaban J connectivity index is 1.23. The average Bonchev–Trinajstić information content (AvgIpc) is 3.44. The van der Waals surface area contributed by atoms with Crippen molar-refractivity contribution >= 4 is 38.9 Å². The van der Waals surface area contributed by atoms with Gasteiger partial charge in [0.2, 0.25) is 10.1 Å². The van der Waals surface area contributed by atoms with Crippen LogP contribution in [0.1, 0.15) is 29.0 Å². The van der Waals surface area contributed by atoms with Crippen molar-refractivity contribution in [2.24, 2.45) is 0 Å². The minimum Gasteiger partial charge on any atom is -0.469 e. The van der Waals surface area contributed by atoms with Gasteiger partial charge in [-0.25, -0.2) is 9.50 Å². The predicted molar refractivity (Wildman–Crippen MR) is 117 cm³/mol. The van der Waals surface area contributed by atoms with Gasteiger partial charge >= 0.3 is 0 Å². The molecule has 1 saturated heterocycles. The maximum Gasteiger partial charge on any atom is 0.255 e. The molecule has 154 valence electrons. The molecule has 0 saturated carbocycles. The molecule has 1 aromatic carbocycles. The minimum atomic E-state index is -0.0675. The van der Waals surface area contributed by atoms with Crippen molar-refractivity contribution in [3.8, 4) is 11.3 Å². The maximum absolute atomic E-state index is 12.4. The summed E-state index contributed by atoms with van der Waals surface area (Å²) in [5, 5.41) is 9.49. The smallest absolute Gasteiger partial charge is 0.255 e. The molecule has 0 bridgehead atoms. The summed E-state index contributed by atoms with van der Waals surface area (Å²) < 4.78 is 7.06. The Morgan fingerprint density at radius 1 is 1.23 bits per heavy atom. The Labute approximate surface area is 182 Å². The Hall–Kier alpha value is -2.84. The molecular weight excluding hydrogens is 422 g/mol. The van der Waals surface area contributed by atoms with Crippen LogP contribution in [0.25, 0.3) is 16.2 Å². The highest BCUT2D eigenvalue weighted by atomic mass is 35.5. The molecule has 0 atom stereocenters. The lowest BCUT2D eigenvalue weighted by Gasteiger charge is -2.31. The summed E-state index contributed by atoms with van der Waals surface area (Å²) in [6.45, 7) is 3.49. The normalized spacial score (nSPS) is 15.1. The summed E-state index contributed by atoms with van der Waals surface area (Å²) in [5.74, 6) is 0.580. The number of hydrogen-bond donors (Lipinski definition) is 1. The van der Waals surface area contributed by atoms with Gasteiger partial charge in [-0.3, -0.25) is 4.79 Å². The Kier molecular flexibility index (Phi) is 4.96. The molecule has 1 N–H and O–H groups in total. The van der Waals surface area contributed by atoms with Crippen LogP contribution in [0.4, 0.5) is 5.13 Å². The fourth-order valence-corrected chi connectivity index (χ4v) is 4.74. The van der Waals surface area contributed by atoms with Crippen molar-refractivity contribution < 1.29 is 9.21 Å². The van der Waals surface area contributed by atoms with Gasteiger partial charge in [-0.2, -0.15) is 0 Å². The van der Waals surface area contributed by atoms with E-state index in [4.69, 9.17) is 26.1 Å². The molecular formula is C21H20ClN5O2S. The van der Waals surface area contributed by atoms with E-state index in [1.807, 2.05) is 35.0 Å². The summed E-state index contributed by atoms with van der Waals surface area (Å²) in [5.41, 5.74) is 2.51. The number of carbonyl (C=O) groups is 1. The molecule has 0 unspecified atom stereocenters. The number of benzene rings is 1. The number of aryl methyl sites for hydroxylation is 1. The van der Waals surface area contributed by atoms with E-state index in [2.05, 4.69) is 10.2 Å². The molecule has 5 rings (SSSR count). The van der Waals surface area contributed by atoms with Crippen molar-refractivity contribution in [1.29, 1.82) is 0 Å². The minimum absolute atomic E-state index is 0.0675. The van der Waals surface area contributed by atoms with Gasteiger partial charge in [0.15, 0.2) is 0 Å². The van der Waals surface area contributed by atoms with Gasteiger partial charge in [0.05, 0.1) is 23.7 Å². The zero-order valence-electron chi connectivity index (χ0n) is 16.3. The molecule has 30 heavy (non-hydrogen) atoms. The topological polar surface area (TPSA) is 75.7 Å². The van der Waals surface area contributed by atoms with Crippen LogP contribution in [0.3, 0.4) is 0 Å². The first-order chi connectivity index (χ1) is 14.6. The number of furan rings is 1. The standard InChI is InChI=1S/C21H20ClN5O2S/c1-13-17(8-11-29-13)19(28)23-16-6-9-26(10-7-16)21-25-27-12-18(24-20(27)30-21)14-2-4-15(22)5-3-14/h2-5,8,11-12,16H,6-7,9-10H2,1H3,(H,23,28). The number of piperidine rings is 1. The molecule has 0 spiro atoms. The average molecular weight is 442 g/mol. The van der Waals surface area contributed by atoms with Gasteiger partial charge in [0.1, 0.15) is 5.76 Å². The number of aromatic nitrogens is 3. The molecule has 1 amide bonds. The molecule has 9 heteroatoms. The van der Waals surface area contributed by atoms with Crippen LogP contribution in [-0.2, 0) is 0 Å². The van der Waals surface area contributed by atoms with E-state index >= 15 is 0 Å². The van der Waals surface area contributed by atoms with Gasteiger partial charge in [0, 0.05) is 29.7 Å². The van der Waals surface area contributed by atoms with Crippen LogP contribution < -0.4 is 10.2 Å². The summed E-state index contributed by atoms with van der Waals surface area (Å²) in [7, 11) is 0. The summed E-state index contributed by atoms with van der Waals surface area (Å²) >= 11 is 7.54. The molecule has 1 aliphatic rings. The molecule has 7 nitrogen and oxygen atoms in total. The van der Waals surface area contributed by atoms with Crippen molar-refractivity contribution in [2.45, 2.75) is 25.8 Å². The first kappa shape index (κ1) is 19.1. The molecule has 4 aromatic rings. The maximum atomic E-state index is 12.4. The lowest BCUT2D eigenvalue weighted by atomic mass is 10.0. The number of halogens is 1. The van der Waals surface area contributed by atoms with Gasteiger partial charge in [-0.1, -0.05) is 35.1 Å². The number of imidazole rings is 1. The van der Waals surface area contributed by atoms with Gasteiger partial charge in [-0.15, -0.1) is 5.10 Å². The number of anilines is 1. The fourth-order valence-electron chi connectivity index (χ4n) is 3.68. The third-order valence-electron chi connectivity index (χ3n) is 5.38. The van der Waals surface area contributed by atoms with Gasteiger partial charge in [0.25, 0.3) is 5.91 Å². The number of nitrogens with zero attached hydrogens (tertiary/aromatic N) is 4. The van der Waals surface area contributed by atoms with E-state index < -0.39 is 0 Å². The highest BCUT2D eigenvalue weighted by Gasteiger charge is 2.24. The number of amides is 1. The van der Waals surface area contributed by atoms with E-state index in [0.717, 1.165) is 47.3 Å². The summed E-state index contributed by atoms with van der Waals surface area (Å²) in [6, 6.07) is 9.51. The third kappa shape index (κ3) is 3.68. The second-order valence-corrected chi connectivity index (χ2v) is 8.74. The van der Waals surface area contributed by atoms with Gasteiger partial charge < -0.3 is 14.6 Å². The molecule has 1 aliphatic heterocycles. The SMILES string of the molecule is Cc1occc1C(=O)NC1CCN(c2nn3cc(-c4ccc(Cl)cc4)nc3s2)CC1. The zero-order chi connectivity index (χ0) is 20.7. The van der Waals surface area contributed by atoms with E-state index in [1.54, 1.807) is 30.6 Å². The lowest BCUT2D eigenvalue weighted by Crippen LogP contribution is -2.44. The molecule has 0 radical (unpaired) electrons. The Morgan fingerprint density at radius 3 is 2.67 bits per heavy atom. The van der Waals surface area contributed by atoms with Crippen LogP contribution in [0.15, 0.2) is 47.2 Å². The quantitative estimate of drug-likeness (QED) is 0.507. The molecule has 0 aliphatic carbocycles. The van der Waals surface area contributed by atoms with Crippen molar-refractivity contribution in [1.82, 2.24) is 19.9 Å². The molecule has 1 fully saturated rings. The van der Waals surface area contributed by atoms with Crippen molar-refractivity contribution in [2.75, 3.05) is 18.0 Å². The van der Waals surface area contributed by atoms with Crippen LogP contribution >= 0.6 is 22.9 Å². The second kappa shape index (κ2) is 7.77. The van der Waals surface area contributed by atoms with Crippen LogP contribution in [0.5, 0.6) is 0 Å². The Morgan fingerprint density at radius 2 is 2.00 bits per heavy atom. The fraction of sp³-hybridized carbons (Fsp3) is 0.286. The number of carbonyl (C=O) groups excluding carboxylic acids is 1. The Bertz CT molecular complexity index is 1160. The summed E-state index contributed by atoms with van der Waals surface area (Å²) in [6.07, 6.45) is 5.24. The summed E-state index contributed by atoms with van der Waals surface area (Å²) in [4.78, 5) is 20.2. The number of hydrogen-bond acceptors (Lipinski definition) is 6. The monoisotopic (exact) mass is 441 g/mol. The van der Waals surface area contributed by atoms with Crippen LogP contribution in [0, 0.1) is 6.92 Å². The first-order valence-corrected chi connectivity index (χ1v) is 11.0. The second-order valence-electron chi connectivity index (χ2n) is 7.37. The molecule has 4 heterocycles. The van der Waals surface area contributed by atoms with Crippen molar-refractivity contribution in [3.63, 3.8) is 0 Å². The van der Waals surface area contributed by atoms with Crippen LogP contribution in [-0.4, -0.2) is 39.6 Å². The predicted octanol–water partition coefficient (Wildman–Crippen LogP) is 4.41. The number of nitrogens with one attached hydrogen (secondary N) is 1. The molecule has 3 aromatic heterocycles. The highest BCUT2D eigenvalue weighted by molar-refractivity contribution is 7.20. The first-order valence-electron chi connectivity index (χ1n) is 9.79. The van der Waals surface area contributed by atoms with E-state index in [9.17, 15) is 4.79 Å². The third-order valence-corrected chi connectivity index (χ3v) is 6.61.